The van der Waals surface area contributed by atoms with Crippen LogP contribution in [0.4, 0.5) is 5.13 Å². The molecule has 3 rings (SSSR count). The Labute approximate surface area is 107 Å². The summed E-state index contributed by atoms with van der Waals surface area (Å²) in [6.07, 6.45) is 8.81. The molecule has 0 saturated carbocycles. The standard InChI is InChI=1S/C13H21N3S/c1-2-7-15(8-3-1)12-4-9-16(10-5-12)13-14-6-11-17-13/h6,11-12H,1-5,7-10H2. The van der Waals surface area contributed by atoms with E-state index in [2.05, 4.69) is 20.2 Å². The molecule has 0 spiro atoms. The molecule has 2 fully saturated rings. The van der Waals surface area contributed by atoms with Crippen molar-refractivity contribution in [2.45, 2.75) is 38.1 Å². The Morgan fingerprint density at radius 2 is 1.82 bits per heavy atom. The van der Waals surface area contributed by atoms with Crippen LogP contribution in [0.2, 0.25) is 0 Å². The number of thiazole rings is 1. The molecule has 3 heterocycles. The molecule has 0 N–H and O–H groups in total. The largest absolute Gasteiger partial charge is 0.348 e. The SMILES string of the molecule is c1csc(N2CCC(N3CCCCC3)CC2)n1. The lowest BCUT2D eigenvalue weighted by Gasteiger charge is -2.40. The zero-order valence-corrected chi connectivity index (χ0v) is 11.2. The second kappa shape index (κ2) is 5.36. The van der Waals surface area contributed by atoms with E-state index in [1.807, 2.05) is 6.20 Å². The first kappa shape index (κ1) is 11.5. The van der Waals surface area contributed by atoms with Crippen molar-refractivity contribution in [1.82, 2.24) is 9.88 Å². The van der Waals surface area contributed by atoms with Gasteiger partial charge in [0.05, 0.1) is 0 Å². The van der Waals surface area contributed by atoms with E-state index < -0.39 is 0 Å². The summed E-state index contributed by atoms with van der Waals surface area (Å²) < 4.78 is 0. The maximum atomic E-state index is 4.41. The molecule has 0 aromatic carbocycles. The molecule has 0 amide bonds. The molecule has 2 aliphatic rings. The van der Waals surface area contributed by atoms with Crippen molar-refractivity contribution in [3.05, 3.63) is 11.6 Å². The predicted molar refractivity (Wildman–Crippen MR) is 72.8 cm³/mol. The Kier molecular flexibility index (Phi) is 3.62. The number of anilines is 1. The Morgan fingerprint density at radius 1 is 1.06 bits per heavy atom. The maximum Gasteiger partial charge on any atom is 0.185 e. The van der Waals surface area contributed by atoms with Crippen molar-refractivity contribution in [2.75, 3.05) is 31.1 Å². The smallest absolute Gasteiger partial charge is 0.185 e. The molecular formula is C13H21N3S. The van der Waals surface area contributed by atoms with Crippen LogP contribution in [0.3, 0.4) is 0 Å². The van der Waals surface area contributed by atoms with E-state index in [4.69, 9.17) is 0 Å². The van der Waals surface area contributed by atoms with Gasteiger partial charge in [-0.3, -0.25) is 0 Å². The van der Waals surface area contributed by atoms with Gasteiger partial charge in [-0.25, -0.2) is 4.98 Å². The van der Waals surface area contributed by atoms with E-state index in [0.29, 0.717) is 0 Å². The van der Waals surface area contributed by atoms with Crippen LogP contribution < -0.4 is 4.90 Å². The third-order valence-corrected chi connectivity index (χ3v) is 4.89. The lowest BCUT2D eigenvalue weighted by Crippen LogP contribution is -2.46. The highest BCUT2D eigenvalue weighted by Crippen LogP contribution is 2.25. The van der Waals surface area contributed by atoms with Gasteiger partial charge >= 0.3 is 0 Å². The second-order valence-corrected chi connectivity index (χ2v) is 6.00. The molecule has 2 saturated heterocycles. The summed E-state index contributed by atoms with van der Waals surface area (Å²) in [5.74, 6) is 0. The molecule has 1 aromatic heterocycles. The third-order valence-electron chi connectivity index (χ3n) is 4.06. The van der Waals surface area contributed by atoms with Crippen LogP contribution in [0, 0.1) is 0 Å². The van der Waals surface area contributed by atoms with E-state index in [1.165, 1.54) is 63.4 Å². The molecule has 3 nitrogen and oxygen atoms in total. The van der Waals surface area contributed by atoms with Crippen molar-refractivity contribution in [3.63, 3.8) is 0 Å². The van der Waals surface area contributed by atoms with Gasteiger partial charge in [-0.05, 0) is 38.8 Å². The highest BCUT2D eigenvalue weighted by molar-refractivity contribution is 7.13. The molecule has 0 unspecified atom stereocenters. The Balaban J connectivity index is 1.53. The van der Waals surface area contributed by atoms with Crippen LogP contribution in [0.5, 0.6) is 0 Å². The summed E-state index contributed by atoms with van der Waals surface area (Å²) in [6.45, 7) is 5.05. The summed E-state index contributed by atoms with van der Waals surface area (Å²) in [4.78, 5) is 9.58. The summed E-state index contributed by atoms with van der Waals surface area (Å²) >= 11 is 1.77. The highest BCUT2D eigenvalue weighted by atomic mass is 32.1. The monoisotopic (exact) mass is 251 g/mol. The summed E-state index contributed by atoms with van der Waals surface area (Å²) in [5.41, 5.74) is 0. The molecule has 0 aliphatic carbocycles. The topological polar surface area (TPSA) is 19.4 Å². The molecule has 1 aromatic rings. The van der Waals surface area contributed by atoms with E-state index in [9.17, 15) is 0 Å². The van der Waals surface area contributed by atoms with Crippen molar-refractivity contribution >= 4 is 16.5 Å². The van der Waals surface area contributed by atoms with Gasteiger partial charge in [0.15, 0.2) is 5.13 Å². The number of aromatic nitrogens is 1. The van der Waals surface area contributed by atoms with Crippen LogP contribution in [0.25, 0.3) is 0 Å². The normalized spacial score (nSPS) is 24.1. The third kappa shape index (κ3) is 2.63. The quantitative estimate of drug-likeness (QED) is 0.805. The average Bonchev–Trinajstić information content (AvgIpc) is 2.94. The second-order valence-electron chi connectivity index (χ2n) is 5.13. The zero-order chi connectivity index (χ0) is 11.5. The van der Waals surface area contributed by atoms with Crippen molar-refractivity contribution in [3.8, 4) is 0 Å². The lowest BCUT2D eigenvalue weighted by molar-refractivity contribution is 0.141. The van der Waals surface area contributed by atoms with E-state index >= 15 is 0 Å². The summed E-state index contributed by atoms with van der Waals surface area (Å²) in [5, 5.41) is 3.29. The number of hydrogen-bond acceptors (Lipinski definition) is 4. The fourth-order valence-corrected chi connectivity index (χ4v) is 3.77. The van der Waals surface area contributed by atoms with Gasteiger partial charge in [-0.2, -0.15) is 0 Å². The number of likely N-dealkylation sites (tertiary alicyclic amines) is 1. The van der Waals surface area contributed by atoms with Crippen molar-refractivity contribution < 1.29 is 0 Å². The van der Waals surface area contributed by atoms with Gasteiger partial charge in [0.1, 0.15) is 0 Å². The van der Waals surface area contributed by atoms with Gasteiger partial charge in [0.25, 0.3) is 0 Å². The fourth-order valence-electron chi connectivity index (χ4n) is 3.08. The Bertz CT molecular complexity index is 324. The van der Waals surface area contributed by atoms with E-state index in [-0.39, 0.29) is 0 Å². The molecule has 17 heavy (non-hydrogen) atoms. The minimum Gasteiger partial charge on any atom is -0.348 e. The van der Waals surface area contributed by atoms with Gasteiger partial charge in [-0.15, -0.1) is 11.3 Å². The minimum absolute atomic E-state index is 0.839. The number of hydrogen-bond donors (Lipinski definition) is 0. The predicted octanol–water partition coefficient (Wildman–Crippen LogP) is 2.60. The summed E-state index contributed by atoms with van der Waals surface area (Å²) in [6, 6.07) is 0.839. The Hall–Kier alpha value is -0.610. The zero-order valence-electron chi connectivity index (χ0n) is 10.3. The van der Waals surface area contributed by atoms with Crippen molar-refractivity contribution in [1.29, 1.82) is 0 Å². The molecule has 0 bridgehead atoms. The minimum atomic E-state index is 0.839. The van der Waals surface area contributed by atoms with Gasteiger partial charge in [0, 0.05) is 30.7 Å². The fraction of sp³-hybridized carbons (Fsp3) is 0.769. The maximum absolute atomic E-state index is 4.41. The molecule has 4 heteroatoms. The number of nitrogens with zero attached hydrogens (tertiary/aromatic N) is 3. The first-order chi connectivity index (χ1) is 8.43. The lowest BCUT2D eigenvalue weighted by atomic mass is 10.0. The molecule has 94 valence electrons. The Morgan fingerprint density at radius 3 is 2.47 bits per heavy atom. The van der Waals surface area contributed by atoms with Crippen LogP contribution in [0.15, 0.2) is 11.6 Å². The highest BCUT2D eigenvalue weighted by Gasteiger charge is 2.26. The number of piperidine rings is 2. The van der Waals surface area contributed by atoms with Crippen molar-refractivity contribution in [2.24, 2.45) is 0 Å². The average molecular weight is 251 g/mol. The van der Waals surface area contributed by atoms with Crippen LogP contribution in [-0.2, 0) is 0 Å². The first-order valence-corrected chi connectivity index (χ1v) is 7.70. The van der Waals surface area contributed by atoms with Gasteiger partial charge in [0.2, 0.25) is 0 Å². The molecule has 2 aliphatic heterocycles. The van der Waals surface area contributed by atoms with E-state index in [1.54, 1.807) is 11.3 Å². The molecular weight excluding hydrogens is 230 g/mol. The van der Waals surface area contributed by atoms with Crippen LogP contribution in [-0.4, -0.2) is 42.1 Å². The van der Waals surface area contributed by atoms with Crippen LogP contribution in [0.1, 0.15) is 32.1 Å². The van der Waals surface area contributed by atoms with Crippen LogP contribution >= 0.6 is 11.3 Å². The summed E-state index contributed by atoms with van der Waals surface area (Å²) in [7, 11) is 0. The molecule has 0 radical (unpaired) electrons. The first-order valence-electron chi connectivity index (χ1n) is 6.82. The van der Waals surface area contributed by atoms with Gasteiger partial charge in [-0.1, -0.05) is 6.42 Å². The molecule has 0 atom stereocenters. The van der Waals surface area contributed by atoms with Gasteiger partial charge < -0.3 is 9.80 Å². The van der Waals surface area contributed by atoms with E-state index in [0.717, 1.165) is 6.04 Å². The number of rotatable bonds is 2.